The van der Waals surface area contributed by atoms with Crippen LogP contribution in [0.2, 0.25) is 0 Å². The maximum Gasteiger partial charge on any atom is 0.338 e. The maximum atomic E-state index is 10.3. The quantitative estimate of drug-likeness (QED) is 0.430. The smallest absolute Gasteiger partial charge is 0.338 e. The van der Waals surface area contributed by atoms with Crippen molar-refractivity contribution in [1.82, 2.24) is 4.98 Å². The van der Waals surface area contributed by atoms with Gasteiger partial charge >= 0.3 is 5.82 Å². The van der Waals surface area contributed by atoms with E-state index >= 15 is 0 Å². The van der Waals surface area contributed by atoms with Gasteiger partial charge in [-0.1, -0.05) is 6.07 Å². The Morgan fingerprint density at radius 1 is 1.56 bits per heavy atom. The Kier molecular flexibility index (Phi) is 1.69. The van der Waals surface area contributed by atoms with Crippen LogP contribution >= 0.6 is 0 Å². The van der Waals surface area contributed by atoms with Crippen LogP contribution in [0.15, 0.2) is 24.4 Å². The summed E-state index contributed by atoms with van der Waals surface area (Å²) in [6.07, 6.45) is 1.52. The minimum absolute atomic E-state index is 0.257. The summed E-state index contributed by atoms with van der Waals surface area (Å²) in [4.78, 5) is 3.69. The van der Waals surface area contributed by atoms with Gasteiger partial charge in [-0.15, -0.1) is 0 Å². The predicted octanol–water partition coefficient (Wildman–Crippen LogP) is 0.954. The van der Waals surface area contributed by atoms with E-state index in [-0.39, 0.29) is 5.82 Å². The predicted molar refractivity (Wildman–Crippen MR) is 34.9 cm³/mol. The van der Waals surface area contributed by atoms with Crippen molar-refractivity contribution in [3.05, 3.63) is 29.6 Å². The van der Waals surface area contributed by atoms with Crippen molar-refractivity contribution < 1.29 is 4.11 Å². The molecular weight excluding hydrogens is 136 g/mol. The number of aromatic nitrogens is 1. The van der Waals surface area contributed by atoms with Gasteiger partial charge in [0.2, 0.25) is 0 Å². The number of hydrogen-bond acceptors (Lipinski definition) is 3. The Balaban J connectivity index is 2.98. The molecule has 46 valence electrons. The first kappa shape index (κ1) is 6.10. The molecule has 0 radical (unpaired) electrons. The largest absolute Gasteiger partial charge is 0.699 e. The van der Waals surface area contributed by atoms with E-state index in [4.69, 9.17) is 0 Å². The summed E-state index contributed by atoms with van der Waals surface area (Å²) in [6.45, 7) is 0. The van der Waals surface area contributed by atoms with Gasteiger partial charge in [0.25, 0.3) is 0 Å². The van der Waals surface area contributed by atoms with Crippen LogP contribution < -0.4 is 0 Å². The summed E-state index contributed by atoms with van der Waals surface area (Å²) in [6, 6.07) is 4.99. The SMILES string of the molecule is [O-][N+](=S)c1ccccn1. The molecule has 0 spiro atoms. The van der Waals surface area contributed by atoms with Crippen LogP contribution in [-0.4, -0.2) is 9.09 Å². The van der Waals surface area contributed by atoms with Crippen LogP contribution in [-0.2, 0) is 12.4 Å². The second kappa shape index (κ2) is 2.50. The minimum Gasteiger partial charge on any atom is -0.699 e. The Labute approximate surface area is 57.7 Å². The molecule has 0 amide bonds. The van der Waals surface area contributed by atoms with Gasteiger partial charge in [0.05, 0.1) is 0 Å². The summed E-state index contributed by atoms with van der Waals surface area (Å²) < 4.78 is 0.306. The molecule has 9 heavy (non-hydrogen) atoms. The normalized spacial score (nSPS) is 8.89. The molecule has 1 aromatic rings. The van der Waals surface area contributed by atoms with Crippen LogP contribution in [0.5, 0.6) is 0 Å². The lowest BCUT2D eigenvalue weighted by Crippen LogP contribution is -1.89. The Morgan fingerprint density at radius 3 is 2.67 bits per heavy atom. The summed E-state index contributed by atoms with van der Waals surface area (Å²) in [5.74, 6) is 0.257. The molecule has 4 heteroatoms. The highest BCUT2D eigenvalue weighted by atomic mass is 32.1. The van der Waals surface area contributed by atoms with Crippen molar-refractivity contribution in [1.29, 1.82) is 0 Å². The average molecular weight is 140 g/mol. The van der Waals surface area contributed by atoms with Gasteiger partial charge in [-0.25, -0.2) is 0 Å². The highest BCUT2D eigenvalue weighted by molar-refractivity contribution is 7.44. The third-order valence-corrected chi connectivity index (χ3v) is 1.02. The third-order valence-electron chi connectivity index (χ3n) is 0.836. The van der Waals surface area contributed by atoms with Crippen LogP contribution in [0.4, 0.5) is 5.82 Å². The fraction of sp³-hybridized carbons (Fsp3) is 0. The molecule has 0 unspecified atom stereocenters. The summed E-state index contributed by atoms with van der Waals surface area (Å²) in [5, 5.41) is 10.3. The van der Waals surface area contributed by atoms with Gasteiger partial charge in [0, 0.05) is 6.07 Å². The van der Waals surface area contributed by atoms with Crippen molar-refractivity contribution in [2.75, 3.05) is 0 Å². The van der Waals surface area contributed by atoms with Crippen molar-refractivity contribution in [2.45, 2.75) is 0 Å². The van der Waals surface area contributed by atoms with Gasteiger partial charge in [0.1, 0.15) is 6.20 Å². The van der Waals surface area contributed by atoms with Crippen molar-refractivity contribution in [3.63, 3.8) is 0 Å². The van der Waals surface area contributed by atoms with Crippen molar-refractivity contribution in [3.8, 4) is 0 Å². The van der Waals surface area contributed by atoms with Crippen LogP contribution in [0, 0.1) is 5.21 Å². The Morgan fingerprint density at radius 2 is 2.33 bits per heavy atom. The fourth-order valence-electron chi connectivity index (χ4n) is 0.462. The average Bonchev–Trinajstić information content (AvgIpc) is 1.90. The number of hydrogen-bond donors (Lipinski definition) is 0. The molecule has 0 N–H and O–H groups in total. The van der Waals surface area contributed by atoms with Crippen LogP contribution in [0.25, 0.3) is 0 Å². The first-order valence-corrected chi connectivity index (χ1v) is 2.72. The van der Waals surface area contributed by atoms with E-state index in [1.807, 2.05) is 0 Å². The molecule has 0 aliphatic rings. The molecule has 0 fully saturated rings. The van der Waals surface area contributed by atoms with E-state index in [0.29, 0.717) is 4.11 Å². The lowest BCUT2D eigenvalue weighted by molar-refractivity contribution is -0.330. The molecule has 3 nitrogen and oxygen atoms in total. The molecule has 0 aliphatic heterocycles. The highest BCUT2D eigenvalue weighted by Gasteiger charge is 1.96. The monoisotopic (exact) mass is 140 g/mol. The molecular formula is C5H4N2OS. The van der Waals surface area contributed by atoms with E-state index in [1.165, 1.54) is 6.20 Å². The Bertz CT molecular complexity index is 211. The molecule has 0 atom stereocenters. The third kappa shape index (κ3) is 1.43. The first-order valence-electron chi connectivity index (χ1n) is 2.36. The summed E-state index contributed by atoms with van der Waals surface area (Å²) in [5.41, 5.74) is 0. The summed E-state index contributed by atoms with van der Waals surface area (Å²) in [7, 11) is 0. The topological polar surface area (TPSA) is 39.0 Å². The number of nitrogens with zero attached hydrogens (tertiary/aromatic N) is 2. The fourth-order valence-corrected chi connectivity index (χ4v) is 0.570. The Hall–Kier alpha value is -1.03. The summed E-state index contributed by atoms with van der Waals surface area (Å²) >= 11 is 4.26. The minimum atomic E-state index is 0.257. The molecule has 0 saturated carbocycles. The first-order chi connectivity index (χ1) is 4.30. The maximum absolute atomic E-state index is 10.3. The standard InChI is InChI=1S/C5H4N2OS/c8-7(9)5-3-1-2-4-6-5/h1-4H. The zero-order chi connectivity index (χ0) is 6.69. The van der Waals surface area contributed by atoms with Gasteiger partial charge < -0.3 is 5.21 Å². The molecule has 1 heterocycles. The second-order valence-corrected chi connectivity index (χ2v) is 1.78. The molecule has 0 saturated heterocycles. The lowest BCUT2D eigenvalue weighted by atomic mass is 10.5. The van der Waals surface area contributed by atoms with Crippen molar-refractivity contribution in [2.24, 2.45) is 0 Å². The lowest BCUT2D eigenvalue weighted by Gasteiger charge is -1.94. The molecule has 1 aromatic heterocycles. The van der Waals surface area contributed by atoms with Gasteiger partial charge in [-0.05, 0) is 11.1 Å². The van der Waals surface area contributed by atoms with Gasteiger partial charge in [0.15, 0.2) is 12.4 Å². The zero-order valence-electron chi connectivity index (χ0n) is 4.52. The number of pyridine rings is 1. The van der Waals surface area contributed by atoms with Crippen molar-refractivity contribution >= 4 is 18.2 Å². The second-order valence-electron chi connectivity index (χ2n) is 1.45. The molecule has 0 aromatic carbocycles. The van der Waals surface area contributed by atoms with Gasteiger partial charge in [-0.3, -0.25) is 0 Å². The highest BCUT2D eigenvalue weighted by Crippen LogP contribution is 2.01. The van der Waals surface area contributed by atoms with Crippen LogP contribution in [0.1, 0.15) is 0 Å². The molecule has 0 bridgehead atoms. The van der Waals surface area contributed by atoms with Gasteiger partial charge in [-0.2, -0.15) is 4.11 Å². The number of rotatable bonds is 1. The zero-order valence-corrected chi connectivity index (χ0v) is 5.34. The van der Waals surface area contributed by atoms with E-state index in [9.17, 15) is 5.21 Å². The molecule has 1 rings (SSSR count). The van der Waals surface area contributed by atoms with E-state index in [0.717, 1.165) is 0 Å². The van der Waals surface area contributed by atoms with E-state index in [2.05, 4.69) is 17.4 Å². The van der Waals surface area contributed by atoms with E-state index in [1.54, 1.807) is 18.2 Å². The van der Waals surface area contributed by atoms with E-state index < -0.39 is 0 Å². The molecule has 0 aliphatic carbocycles. The van der Waals surface area contributed by atoms with Crippen LogP contribution in [0.3, 0.4) is 0 Å².